The third kappa shape index (κ3) is 4.84. The van der Waals surface area contributed by atoms with E-state index in [1.165, 1.54) is 5.57 Å². The van der Waals surface area contributed by atoms with E-state index in [1.54, 1.807) is 0 Å². The van der Waals surface area contributed by atoms with Crippen molar-refractivity contribution in [1.82, 2.24) is 0 Å². The van der Waals surface area contributed by atoms with Crippen molar-refractivity contribution >= 4 is 5.97 Å². The molecule has 0 radical (unpaired) electrons. The molecule has 3 aliphatic rings. The average molecular weight is 414 g/mol. The highest BCUT2D eigenvalue weighted by molar-refractivity contribution is 5.74. The van der Waals surface area contributed by atoms with E-state index in [1.807, 2.05) is 13.8 Å². The number of carbonyl (C=O) groups is 1. The molecule has 8 nitrogen and oxygen atoms in total. The number of allylic oxidation sites excluding steroid dienone is 2. The van der Waals surface area contributed by atoms with Crippen LogP contribution in [0.4, 0.5) is 0 Å². The highest BCUT2D eigenvalue weighted by Crippen LogP contribution is 2.40. The van der Waals surface area contributed by atoms with Crippen LogP contribution in [0.5, 0.6) is 0 Å². The molecule has 2 saturated heterocycles. The van der Waals surface area contributed by atoms with E-state index < -0.39 is 37.3 Å². The van der Waals surface area contributed by atoms with Gasteiger partial charge in [0, 0.05) is 5.92 Å². The van der Waals surface area contributed by atoms with E-state index in [9.17, 15) is 25.2 Å². The molecule has 4 N–H and O–H groups in total. The summed E-state index contributed by atoms with van der Waals surface area (Å²) in [4.78, 5) is 11.8. The van der Waals surface area contributed by atoms with Crippen molar-refractivity contribution in [3.63, 3.8) is 0 Å². The number of rotatable bonds is 6. The molecule has 2 aliphatic heterocycles. The van der Waals surface area contributed by atoms with Gasteiger partial charge >= 0.3 is 5.97 Å². The third-order valence-electron chi connectivity index (χ3n) is 6.68. The van der Waals surface area contributed by atoms with Gasteiger partial charge in [0.15, 0.2) is 6.29 Å². The Bertz CT molecular complexity index is 605. The molecule has 3 rings (SSSR count). The topological polar surface area (TPSA) is 126 Å². The predicted octanol–water partition coefficient (Wildman–Crippen LogP) is 0.506. The Balaban J connectivity index is 1.53. The van der Waals surface area contributed by atoms with Crippen molar-refractivity contribution in [1.29, 1.82) is 0 Å². The molecule has 0 amide bonds. The second-order valence-corrected chi connectivity index (χ2v) is 8.76. The summed E-state index contributed by atoms with van der Waals surface area (Å²) in [5, 5.41) is 39.1. The largest absolute Gasteiger partial charge is 0.462 e. The summed E-state index contributed by atoms with van der Waals surface area (Å²) in [5.41, 5.74) is 1.31. The minimum Gasteiger partial charge on any atom is -0.462 e. The van der Waals surface area contributed by atoms with E-state index >= 15 is 0 Å². The van der Waals surface area contributed by atoms with Crippen LogP contribution in [0.25, 0.3) is 0 Å². The first-order valence-electron chi connectivity index (χ1n) is 10.6. The predicted molar refractivity (Wildman–Crippen MR) is 103 cm³/mol. The Kier molecular flexibility index (Phi) is 7.35. The van der Waals surface area contributed by atoms with Gasteiger partial charge in [-0.3, -0.25) is 4.79 Å². The van der Waals surface area contributed by atoms with Crippen LogP contribution in [0.1, 0.15) is 46.5 Å². The standard InChI is InChI=1S/C21H34O8/c1-10-8-15-14(12(3)20(26)28-15)7-6-13(10)5-4-11(2)27-21-19(25)18(24)17(23)16(9-22)29-21/h6,10-12,14-19,21-25H,4-5,7-9H2,1-3H3/t10-,11?,12+,14-,15-,16-,17-,18+,19-,21-/m1/s1. The molecule has 0 bridgehead atoms. The Morgan fingerprint density at radius 3 is 2.62 bits per heavy atom. The van der Waals surface area contributed by atoms with Crippen LogP contribution >= 0.6 is 0 Å². The van der Waals surface area contributed by atoms with Crippen LogP contribution in [0.15, 0.2) is 11.6 Å². The first-order valence-corrected chi connectivity index (χ1v) is 10.6. The Hall–Kier alpha value is -1.03. The highest BCUT2D eigenvalue weighted by atomic mass is 16.7. The van der Waals surface area contributed by atoms with Crippen molar-refractivity contribution in [2.45, 2.75) is 89.4 Å². The van der Waals surface area contributed by atoms with E-state index in [-0.39, 0.29) is 30.0 Å². The summed E-state index contributed by atoms with van der Waals surface area (Å²) in [5.74, 6) is 0.398. The van der Waals surface area contributed by atoms with Gasteiger partial charge in [-0.05, 0) is 38.5 Å². The number of fused-ring (bicyclic) bond motifs is 1. The van der Waals surface area contributed by atoms with Gasteiger partial charge in [-0.2, -0.15) is 0 Å². The normalized spacial score (nSPS) is 43.9. The SMILES string of the molecule is CC(CCC1=CC[C@@H]2[C@H](C)C(=O)O[C@@H]2C[C@H]1C)O[C@@H]1O[C@H](CO)[C@@H](O)[C@H](O)[C@H]1O. The van der Waals surface area contributed by atoms with Gasteiger partial charge in [-0.15, -0.1) is 0 Å². The van der Waals surface area contributed by atoms with Crippen LogP contribution in [0.2, 0.25) is 0 Å². The fraction of sp³-hybridized carbons (Fsp3) is 0.857. The van der Waals surface area contributed by atoms with Crippen LogP contribution in [-0.4, -0.2) is 75.9 Å². The Morgan fingerprint density at radius 2 is 1.93 bits per heavy atom. The molecule has 2 fully saturated rings. The number of hydrogen-bond donors (Lipinski definition) is 4. The molecule has 166 valence electrons. The first kappa shape index (κ1) is 22.7. The van der Waals surface area contributed by atoms with Crippen molar-refractivity contribution < 1.29 is 39.4 Å². The highest BCUT2D eigenvalue weighted by Gasteiger charge is 2.45. The molecule has 8 heteroatoms. The summed E-state index contributed by atoms with van der Waals surface area (Å²) in [6.45, 7) is 5.47. The van der Waals surface area contributed by atoms with E-state index in [2.05, 4.69) is 13.0 Å². The molecule has 0 aromatic carbocycles. The lowest BCUT2D eigenvalue weighted by Crippen LogP contribution is -2.59. The minimum absolute atomic E-state index is 0.0101. The summed E-state index contributed by atoms with van der Waals surface area (Å²) >= 11 is 0. The monoisotopic (exact) mass is 414 g/mol. The van der Waals surface area contributed by atoms with Crippen molar-refractivity contribution in [3.8, 4) is 0 Å². The lowest BCUT2D eigenvalue weighted by Gasteiger charge is -2.40. The average Bonchev–Trinajstić information content (AvgIpc) is 2.85. The molecule has 0 aromatic heterocycles. The number of aliphatic hydroxyl groups is 4. The third-order valence-corrected chi connectivity index (χ3v) is 6.68. The van der Waals surface area contributed by atoms with Crippen molar-refractivity contribution in [2.75, 3.05) is 6.61 Å². The maximum Gasteiger partial charge on any atom is 0.309 e. The van der Waals surface area contributed by atoms with Crippen LogP contribution < -0.4 is 0 Å². The Morgan fingerprint density at radius 1 is 1.21 bits per heavy atom. The lowest BCUT2D eigenvalue weighted by atomic mass is 9.87. The van der Waals surface area contributed by atoms with Crippen LogP contribution in [0.3, 0.4) is 0 Å². The van der Waals surface area contributed by atoms with Crippen LogP contribution in [0, 0.1) is 17.8 Å². The zero-order valence-corrected chi connectivity index (χ0v) is 17.3. The molecule has 0 aromatic rings. The van der Waals surface area contributed by atoms with Gasteiger partial charge in [-0.1, -0.05) is 25.5 Å². The smallest absolute Gasteiger partial charge is 0.309 e. The minimum atomic E-state index is -1.44. The molecule has 29 heavy (non-hydrogen) atoms. The first-order chi connectivity index (χ1) is 13.7. The molecule has 2 heterocycles. The van der Waals surface area contributed by atoms with Gasteiger partial charge in [0.2, 0.25) is 0 Å². The maximum absolute atomic E-state index is 11.8. The van der Waals surface area contributed by atoms with Crippen molar-refractivity contribution in [2.24, 2.45) is 17.8 Å². The van der Waals surface area contributed by atoms with Gasteiger partial charge in [0.1, 0.15) is 30.5 Å². The summed E-state index contributed by atoms with van der Waals surface area (Å²) in [6, 6.07) is 0. The second kappa shape index (κ2) is 9.41. The number of aliphatic hydroxyl groups excluding tert-OH is 4. The lowest BCUT2D eigenvalue weighted by molar-refractivity contribution is -0.310. The molecular weight excluding hydrogens is 380 g/mol. The second-order valence-electron chi connectivity index (χ2n) is 8.76. The Labute approximate surface area is 171 Å². The number of hydrogen-bond acceptors (Lipinski definition) is 8. The summed E-state index contributed by atoms with van der Waals surface area (Å²) in [6.07, 6.45) is -1.18. The molecule has 1 unspecified atom stereocenters. The van der Waals surface area contributed by atoms with E-state index in [4.69, 9.17) is 14.2 Å². The van der Waals surface area contributed by atoms with E-state index in [0.717, 1.165) is 19.3 Å². The summed E-state index contributed by atoms with van der Waals surface area (Å²) < 4.78 is 16.7. The molecule has 0 spiro atoms. The zero-order chi connectivity index (χ0) is 21.3. The number of esters is 1. The van der Waals surface area contributed by atoms with Gasteiger partial charge in [0.05, 0.1) is 18.6 Å². The molecular formula is C21H34O8. The maximum atomic E-state index is 11.8. The zero-order valence-electron chi connectivity index (χ0n) is 17.3. The summed E-state index contributed by atoms with van der Waals surface area (Å²) in [7, 11) is 0. The molecule has 0 saturated carbocycles. The van der Waals surface area contributed by atoms with Gasteiger partial charge in [-0.25, -0.2) is 0 Å². The fourth-order valence-electron chi connectivity index (χ4n) is 4.60. The number of ether oxygens (including phenoxy) is 3. The van der Waals surface area contributed by atoms with Gasteiger partial charge < -0.3 is 34.6 Å². The van der Waals surface area contributed by atoms with Gasteiger partial charge in [0.25, 0.3) is 0 Å². The fourth-order valence-corrected chi connectivity index (χ4v) is 4.60. The van der Waals surface area contributed by atoms with Crippen molar-refractivity contribution in [3.05, 3.63) is 11.6 Å². The molecule has 10 atom stereocenters. The van der Waals surface area contributed by atoms with Crippen LogP contribution in [-0.2, 0) is 19.0 Å². The quantitative estimate of drug-likeness (QED) is 0.366. The van der Waals surface area contributed by atoms with E-state index in [0.29, 0.717) is 12.3 Å². The molecule has 1 aliphatic carbocycles. The number of carbonyl (C=O) groups excluding carboxylic acids is 1.